The Morgan fingerprint density at radius 2 is 0.760 bits per heavy atom. The van der Waals surface area contributed by atoms with Gasteiger partial charge in [-0.05, 0) is 0 Å². The maximum atomic E-state index is 9.25. The van der Waals surface area contributed by atoms with Gasteiger partial charge in [-0.1, -0.05) is 136 Å². The zero-order valence-electron chi connectivity index (χ0n) is 17.4. The molecule has 1 N–H and O–H groups in total. The highest BCUT2D eigenvalue weighted by Crippen LogP contribution is 2.14. The Bertz CT molecular complexity index is 243. The van der Waals surface area contributed by atoms with Gasteiger partial charge in [0, 0.05) is 6.08 Å². The second kappa shape index (κ2) is 25.5. The molecular weight excluding hydrogens is 308 g/mol. The molecule has 0 aromatic heterocycles. The molecule has 0 saturated heterocycles. The largest absolute Gasteiger partial charge is 0.478 e. The summed E-state index contributed by atoms with van der Waals surface area (Å²) in [6.07, 6.45) is 27.2. The zero-order valence-corrected chi connectivity index (χ0v) is 17.4. The van der Waals surface area contributed by atoms with Crippen molar-refractivity contribution in [1.29, 1.82) is 0 Å². The van der Waals surface area contributed by atoms with E-state index in [0.29, 0.717) is 0 Å². The van der Waals surface area contributed by atoms with Crippen LogP contribution in [0.1, 0.15) is 129 Å². The highest BCUT2D eigenvalue weighted by Gasteiger charge is 1.94. The van der Waals surface area contributed by atoms with E-state index in [2.05, 4.69) is 20.4 Å². The number of rotatable bonds is 18. The molecule has 150 valence electrons. The predicted molar refractivity (Wildman–Crippen MR) is 112 cm³/mol. The number of carbonyl (C=O) groups is 1. The first kappa shape index (κ1) is 26.4. The molecule has 0 fully saturated rings. The highest BCUT2D eigenvalue weighted by molar-refractivity contribution is 5.78. The molecule has 0 atom stereocenters. The van der Waals surface area contributed by atoms with E-state index in [0.717, 1.165) is 6.08 Å². The fraction of sp³-hybridized carbons (Fsp3) is 0.870. The molecular formula is C23H46O2. The maximum Gasteiger partial charge on any atom is 0.327 e. The first-order chi connectivity index (χ1) is 12.2. The molecule has 0 aliphatic carbocycles. The lowest BCUT2D eigenvalue weighted by Crippen LogP contribution is -1.83. The molecule has 0 spiro atoms. The van der Waals surface area contributed by atoms with Crippen LogP contribution in [0.25, 0.3) is 0 Å². The lowest BCUT2D eigenvalue weighted by Gasteiger charge is -2.03. The molecule has 0 heterocycles. The van der Waals surface area contributed by atoms with Crippen LogP contribution < -0.4 is 0 Å². The molecule has 0 aliphatic rings. The van der Waals surface area contributed by atoms with Gasteiger partial charge in [-0.15, -0.1) is 0 Å². The molecule has 0 aromatic rings. The molecule has 0 aliphatic heterocycles. The van der Waals surface area contributed by atoms with Crippen LogP contribution in [0.4, 0.5) is 0 Å². The van der Waals surface area contributed by atoms with E-state index in [1.165, 1.54) is 116 Å². The minimum Gasteiger partial charge on any atom is -0.478 e. The van der Waals surface area contributed by atoms with Gasteiger partial charge in [-0.2, -0.15) is 0 Å². The van der Waals surface area contributed by atoms with E-state index >= 15 is 0 Å². The van der Waals surface area contributed by atoms with Crippen molar-refractivity contribution in [2.45, 2.75) is 129 Å². The van der Waals surface area contributed by atoms with Crippen molar-refractivity contribution < 1.29 is 9.90 Å². The van der Waals surface area contributed by atoms with E-state index in [1.54, 1.807) is 0 Å². The third-order valence-corrected chi connectivity index (χ3v) is 4.63. The van der Waals surface area contributed by atoms with E-state index < -0.39 is 5.97 Å². The first-order valence-electron chi connectivity index (χ1n) is 11.0. The Hall–Kier alpha value is -0.790. The van der Waals surface area contributed by atoms with Crippen molar-refractivity contribution in [3.63, 3.8) is 0 Å². The molecule has 0 bridgehead atoms. The third kappa shape index (κ3) is 31.5. The monoisotopic (exact) mass is 354 g/mol. The molecule has 2 heteroatoms. The number of carboxylic acids is 1. The Labute approximate surface area is 158 Å². The summed E-state index contributed by atoms with van der Waals surface area (Å²) in [5, 5.41) is 7.60. The van der Waals surface area contributed by atoms with Crippen LogP contribution in [0.15, 0.2) is 12.7 Å². The van der Waals surface area contributed by atoms with Crippen molar-refractivity contribution in [2.24, 2.45) is 0 Å². The van der Waals surface area contributed by atoms with Crippen molar-refractivity contribution in [3.8, 4) is 0 Å². The van der Waals surface area contributed by atoms with Gasteiger partial charge in [0.15, 0.2) is 0 Å². The minimum atomic E-state index is -0.981. The quantitative estimate of drug-likeness (QED) is 0.198. The van der Waals surface area contributed by atoms with Crippen LogP contribution in [0, 0.1) is 0 Å². The number of carboxylic acid groups (broad SMARTS) is 1. The summed E-state index contributed by atoms with van der Waals surface area (Å²) in [6.45, 7) is 7.55. The summed E-state index contributed by atoms with van der Waals surface area (Å²) in [5.74, 6) is -0.981. The van der Waals surface area contributed by atoms with E-state index in [9.17, 15) is 4.79 Å². The lowest BCUT2D eigenvalue weighted by molar-refractivity contribution is -0.131. The zero-order chi connectivity index (χ0) is 19.0. The predicted octanol–water partition coefficient (Wildman–Crippen LogP) is 8.31. The van der Waals surface area contributed by atoms with Gasteiger partial charge in [0.25, 0.3) is 0 Å². The van der Waals surface area contributed by atoms with E-state index in [4.69, 9.17) is 5.11 Å². The van der Waals surface area contributed by atoms with Crippen molar-refractivity contribution in [3.05, 3.63) is 12.7 Å². The van der Waals surface area contributed by atoms with E-state index in [1.807, 2.05) is 0 Å². The Balaban J connectivity index is 0. The number of hydrogen-bond acceptors (Lipinski definition) is 1. The van der Waals surface area contributed by atoms with Crippen molar-refractivity contribution >= 4 is 5.97 Å². The molecule has 2 nitrogen and oxygen atoms in total. The second-order valence-electron chi connectivity index (χ2n) is 7.20. The number of aliphatic carboxylic acids is 1. The molecule has 0 amide bonds. The molecule has 25 heavy (non-hydrogen) atoms. The average Bonchev–Trinajstić information content (AvgIpc) is 2.62. The summed E-state index contributed by atoms with van der Waals surface area (Å²) in [5.41, 5.74) is 0. The second-order valence-corrected chi connectivity index (χ2v) is 7.20. The first-order valence-corrected chi connectivity index (χ1v) is 11.0. The summed E-state index contributed by atoms with van der Waals surface area (Å²) in [7, 11) is 0. The molecule has 0 unspecified atom stereocenters. The van der Waals surface area contributed by atoms with Gasteiger partial charge in [0.2, 0.25) is 0 Å². The van der Waals surface area contributed by atoms with Crippen LogP contribution in [0.5, 0.6) is 0 Å². The standard InChI is InChI=1S/C20H42.C3H4O2/c1-3-5-7-9-11-13-15-17-19-20-18-16-14-12-10-8-6-4-2;1-2-3(4)5/h3-20H2,1-2H3;2H,1H2,(H,4,5). The van der Waals surface area contributed by atoms with Gasteiger partial charge >= 0.3 is 5.97 Å². The normalized spacial score (nSPS) is 10.2. The molecule has 0 rings (SSSR count). The SMILES string of the molecule is C=CC(=O)O.CCCCCCCCCCCCCCCCCCCC. The van der Waals surface area contributed by atoms with Gasteiger partial charge in [0.05, 0.1) is 0 Å². The van der Waals surface area contributed by atoms with E-state index in [-0.39, 0.29) is 0 Å². The summed E-state index contributed by atoms with van der Waals surface area (Å²) in [4.78, 5) is 9.25. The van der Waals surface area contributed by atoms with Crippen molar-refractivity contribution in [1.82, 2.24) is 0 Å². The molecule has 0 saturated carbocycles. The lowest BCUT2D eigenvalue weighted by atomic mass is 10.0. The fourth-order valence-electron chi connectivity index (χ4n) is 2.97. The van der Waals surface area contributed by atoms with Crippen LogP contribution in [-0.4, -0.2) is 11.1 Å². The molecule has 0 aromatic carbocycles. The summed E-state index contributed by atoms with van der Waals surface area (Å²) in [6, 6.07) is 0. The topological polar surface area (TPSA) is 37.3 Å². The third-order valence-electron chi connectivity index (χ3n) is 4.63. The van der Waals surface area contributed by atoms with Crippen LogP contribution in [-0.2, 0) is 4.79 Å². The van der Waals surface area contributed by atoms with Crippen LogP contribution in [0.2, 0.25) is 0 Å². The smallest absolute Gasteiger partial charge is 0.327 e. The Morgan fingerprint density at radius 1 is 0.600 bits per heavy atom. The number of hydrogen-bond donors (Lipinski definition) is 1. The van der Waals surface area contributed by atoms with Gasteiger partial charge < -0.3 is 5.11 Å². The summed E-state index contributed by atoms with van der Waals surface area (Å²) >= 11 is 0. The van der Waals surface area contributed by atoms with Crippen molar-refractivity contribution in [2.75, 3.05) is 0 Å². The Morgan fingerprint density at radius 3 is 0.880 bits per heavy atom. The summed E-state index contributed by atoms with van der Waals surface area (Å²) < 4.78 is 0. The van der Waals surface area contributed by atoms with Gasteiger partial charge in [0.1, 0.15) is 0 Å². The van der Waals surface area contributed by atoms with Gasteiger partial charge in [-0.3, -0.25) is 0 Å². The average molecular weight is 355 g/mol. The number of unbranched alkanes of at least 4 members (excludes halogenated alkanes) is 17. The Kier molecular flexibility index (Phi) is 26.9. The molecule has 0 radical (unpaired) electrons. The van der Waals surface area contributed by atoms with Crippen LogP contribution in [0.3, 0.4) is 0 Å². The fourth-order valence-corrected chi connectivity index (χ4v) is 2.97. The minimum absolute atomic E-state index is 0.833. The highest BCUT2D eigenvalue weighted by atomic mass is 16.4. The van der Waals surface area contributed by atoms with Gasteiger partial charge in [-0.25, -0.2) is 4.79 Å². The van der Waals surface area contributed by atoms with Crippen LogP contribution >= 0.6 is 0 Å². The maximum absolute atomic E-state index is 9.25.